The largest absolute Gasteiger partial charge is 0.256 e. The molecule has 10 rings (SSSR count). The molecule has 0 N–H and O–H groups in total. The van der Waals surface area contributed by atoms with Gasteiger partial charge in [-0.1, -0.05) is 200 Å². The topological polar surface area (TPSA) is 12.9 Å². The van der Waals surface area contributed by atoms with Crippen molar-refractivity contribution in [2.24, 2.45) is 0 Å². The van der Waals surface area contributed by atoms with Gasteiger partial charge in [0.2, 0.25) is 0 Å². The standard InChI is InChI=1S/C53H35N/c1-5-18-36(19-6-1)40-30-17-31-48(53-49(39-24-11-4-12-25-39)42(34-35-54-53)38-22-9-3-10-23-38)50(40)52-41(37-20-7-2-8-21-37)32-33-47-45-28-14-13-26-43(45)44-27-15-16-29-46(44)51(47)52/h1-35H. The molecule has 0 saturated carbocycles. The summed E-state index contributed by atoms with van der Waals surface area (Å²) in [6, 6.07) is 74.5. The number of pyridine rings is 1. The van der Waals surface area contributed by atoms with Crippen LogP contribution in [-0.4, -0.2) is 4.98 Å². The van der Waals surface area contributed by atoms with Gasteiger partial charge in [0, 0.05) is 22.9 Å². The first kappa shape index (κ1) is 31.6. The summed E-state index contributed by atoms with van der Waals surface area (Å²) in [7, 11) is 0. The summed E-state index contributed by atoms with van der Waals surface area (Å²) in [5.41, 5.74) is 13.7. The Balaban J connectivity index is 1.43. The smallest absolute Gasteiger partial charge is 0.0792 e. The molecule has 0 bridgehead atoms. The lowest BCUT2D eigenvalue weighted by molar-refractivity contribution is 1.32. The first-order valence-corrected chi connectivity index (χ1v) is 18.6. The number of aromatic nitrogens is 1. The van der Waals surface area contributed by atoms with E-state index in [-0.39, 0.29) is 0 Å². The Morgan fingerprint density at radius 3 is 1.20 bits per heavy atom. The molecular formula is C53H35N. The van der Waals surface area contributed by atoms with Crippen LogP contribution in [0.1, 0.15) is 0 Å². The van der Waals surface area contributed by atoms with E-state index in [1.807, 2.05) is 6.20 Å². The number of nitrogens with zero attached hydrogens (tertiary/aromatic N) is 1. The number of fused-ring (bicyclic) bond motifs is 6. The Kier molecular flexibility index (Phi) is 7.89. The monoisotopic (exact) mass is 685 g/mol. The molecule has 0 amide bonds. The van der Waals surface area contributed by atoms with E-state index in [9.17, 15) is 0 Å². The molecule has 0 aliphatic rings. The first-order valence-electron chi connectivity index (χ1n) is 18.6. The van der Waals surface area contributed by atoms with Crippen LogP contribution < -0.4 is 0 Å². The zero-order valence-corrected chi connectivity index (χ0v) is 29.7. The Morgan fingerprint density at radius 2 is 0.648 bits per heavy atom. The van der Waals surface area contributed by atoms with Crippen LogP contribution in [0.4, 0.5) is 0 Å². The molecule has 9 aromatic carbocycles. The van der Waals surface area contributed by atoms with Crippen molar-refractivity contribution < 1.29 is 0 Å². The summed E-state index contributed by atoms with van der Waals surface area (Å²) in [5, 5.41) is 7.49. The van der Waals surface area contributed by atoms with Crippen molar-refractivity contribution in [1.29, 1.82) is 0 Å². The van der Waals surface area contributed by atoms with E-state index >= 15 is 0 Å². The molecule has 0 aliphatic heterocycles. The van der Waals surface area contributed by atoms with E-state index in [0.717, 1.165) is 39.1 Å². The second-order valence-electron chi connectivity index (χ2n) is 13.8. The van der Waals surface area contributed by atoms with Crippen LogP contribution in [0.3, 0.4) is 0 Å². The first-order chi connectivity index (χ1) is 26.8. The summed E-state index contributed by atoms with van der Waals surface area (Å²) in [6.07, 6.45) is 1.98. The molecular weight excluding hydrogens is 651 g/mol. The van der Waals surface area contributed by atoms with Gasteiger partial charge in [-0.2, -0.15) is 0 Å². The molecule has 0 spiro atoms. The van der Waals surface area contributed by atoms with Gasteiger partial charge in [-0.25, -0.2) is 0 Å². The fourth-order valence-corrected chi connectivity index (χ4v) is 8.41. The molecule has 1 nitrogen and oxygen atoms in total. The van der Waals surface area contributed by atoms with Crippen molar-refractivity contribution in [2.45, 2.75) is 0 Å². The highest BCUT2D eigenvalue weighted by Gasteiger charge is 2.25. The van der Waals surface area contributed by atoms with Gasteiger partial charge in [0.15, 0.2) is 0 Å². The average molecular weight is 686 g/mol. The lowest BCUT2D eigenvalue weighted by Gasteiger charge is -2.24. The zero-order chi connectivity index (χ0) is 35.8. The molecule has 252 valence electrons. The molecule has 0 saturated heterocycles. The minimum Gasteiger partial charge on any atom is -0.256 e. The van der Waals surface area contributed by atoms with Gasteiger partial charge in [0.1, 0.15) is 0 Å². The fourth-order valence-electron chi connectivity index (χ4n) is 8.41. The van der Waals surface area contributed by atoms with Crippen molar-refractivity contribution in [2.75, 3.05) is 0 Å². The van der Waals surface area contributed by atoms with E-state index < -0.39 is 0 Å². The second-order valence-corrected chi connectivity index (χ2v) is 13.8. The van der Waals surface area contributed by atoms with Crippen molar-refractivity contribution in [3.63, 3.8) is 0 Å². The van der Waals surface area contributed by atoms with Crippen LogP contribution in [-0.2, 0) is 0 Å². The highest BCUT2D eigenvalue weighted by atomic mass is 14.7. The molecule has 0 radical (unpaired) electrons. The molecule has 0 unspecified atom stereocenters. The molecule has 10 aromatic rings. The summed E-state index contributed by atoms with van der Waals surface area (Å²) >= 11 is 0. The number of rotatable bonds is 6. The number of benzene rings is 9. The van der Waals surface area contributed by atoms with Crippen LogP contribution >= 0.6 is 0 Å². The van der Waals surface area contributed by atoms with Gasteiger partial charge in [0.05, 0.1) is 5.69 Å². The van der Waals surface area contributed by atoms with Crippen LogP contribution in [0.25, 0.3) is 99.2 Å². The lowest BCUT2D eigenvalue weighted by atomic mass is 9.79. The molecule has 1 aromatic heterocycles. The van der Waals surface area contributed by atoms with E-state index in [4.69, 9.17) is 4.98 Å². The third kappa shape index (κ3) is 5.29. The Labute approximate surface area is 315 Å². The van der Waals surface area contributed by atoms with Gasteiger partial charge >= 0.3 is 0 Å². The Morgan fingerprint density at radius 1 is 0.241 bits per heavy atom. The summed E-state index contributed by atoms with van der Waals surface area (Å²) in [4.78, 5) is 5.33. The quantitative estimate of drug-likeness (QED) is 0.159. The summed E-state index contributed by atoms with van der Waals surface area (Å²) in [6.45, 7) is 0. The molecule has 1 heterocycles. The van der Waals surface area contributed by atoms with Gasteiger partial charge < -0.3 is 0 Å². The van der Waals surface area contributed by atoms with Crippen molar-refractivity contribution >= 4 is 32.3 Å². The minimum atomic E-state index is 0.955. The van der Waals surface area contributed by atoms with Crippen LogP contribution in [0.15, 0.2) is 212 Å². The number of hydrogen-bond acceptors (Lipinski definition) is 1. The highest BCUT2D eigenvalue weighted by molar-refractivity contribution is 6.30. The molecule has 0 atom stereocenters. The average Bonchev–Trinajstić information content (AvgIpc) is 3.26. The maximum Gasteiger partial charge on any atom is 0.0792 e. The lowest BCUT2D eigenvalue weighted by Crippen LogP contribution is -1.99. The van der Waals surface area contributed by atoms with Crippen molar-refractivity contribution in [3.05, 3.63) is 212 Å². The van der Waals surface area contributed by atoms with Crippen molar-refractivity contribution in [3.8, 4) is 66.9 Å². The normalized spacial score (nSPS) is 11.3. The molecule has 54 heavy (non-hydrogen) atoms. The SMILES string of the molecule is c1ccc(-c2cccc(-c3nccc(-c4ccccc4)c3-c3ccccc3)c2-c2c(-c3ccccc3)ccc3c4ccccc4c4ccccc4c23)cc1. The molecule has 1 heteroatoms. The van der Waals surface area contributed by atoms with Crippen LogP contribution in [0, 0.1) is 0 Å². The van der Waals surface area contributed by atoms with E-state index in [2.05, 4.69) is 206 Å². The number of hydrogen-bond donors (Lipinski definition) is 0. The third-order valence-electron chi connectivity index (χ3n) is 10.7. The Bertz CT molecular complexity index is 2910. The maximum atomic E-state index is 5.33. The predicted molar refractivity (Wildman–Crippen MR) is 229 cm³/mol. The van der Waals surface area contributed by atoms with Crippen LogP contribution in [0.5, 0.6) is 0 Å². The maximum absolute atomic E-state index is 5.33. The second kappa shape index (κ2) is 13.5. The predicted octanol–water partition coefficient (Wildman–Crippen LogP) is 14.5. The highest BCUT2D eigenvalue weighted by Crippen LogP contribution is 2.51. The van der Waals surface area contributed by atoms with Gasteiger partial charge in [-0.3, -0.25) is 4.98 Å². The van der Waals surface area contributed by atoms with E-state index in [1.165, 1.54) is 60.1 Å². The fraction of sp³-hybridized carbons (Fsp3) is 0. The van der Waals surface area contributed by atoms with Gasteiger partial charge in [0.25, 0.3) is 0 Å². The summed E-state index contributed by atoms with van der Waals surface area (Å²) < 4.78 is 0. The zero-order valence-electron chi connectivity index (χ0n) is 29.7. The van der Waals surface area contributed by atoms with Crippen LogP contribution in [0.2, 0.25) is 0 Å². The van der Waals surface area contributed by atoms with E-state index in [0.29, 0.717) is 0 Å². The molecule has 0 aliphatic carbocycles. The Hall–Kier alpha value is -7.09. The van der Waals surface area contributed by atoms with E-state index in [1.54, 1.807) is 0 Å². The molecule has 0 fully saturated rings. The summed E-state index contributed by atoms with van der Waals surface area (Å²) in [5.74, 6) is 0. The van der Waals surface area contributed by atoms with Gasteiger partial charge in [-0.15, -0.1) is 0 Å². The minimum absolute atomic E-state index is 0.955. The van der Waals surface area contributed by atoms with Gasteiger partial charge in [-0.05, 0) is 82.9 Å². The van der Waals surface area contributed by atoms with Crippen molar-refractivity contribution in [1.82, 2.24) is 4.98 Å². The third-order valence-corrected chi connectivity index (χ3v) is 10.7.